The molecule has 1 fully saturated rings. The second-order valence-corrected chi connectivity index (χ2v) is 6.91. The Bertz CT molecular complexity index is 851. The number of amides is 1. The second-order valence-electron chi connectivity index (χ2n) is 6.05. The normalized spacial score (nSPS) is 16.9. The Morgan fingerprint density at radius 1 is 1.36 bits per heavy atom. The van der Waals surface area contributed by atoms with Gasteiger partial charge in [0.05, 0.1) is 11.9 Å². The zero-order chi connectivity index (χ0) is 17.1. The highest BCUT2D eigenvalue weighted by Gasteiger charge is 2.17. The number of carbonyl (C=O) groups excluding carboxylic acids is 1. The summed E-state index contributed by atoms with van der Waals surface area (Å²) >= 11 is 1.46. The van der Waals surface area contributed by atoms with Crippen LogP contribution in [0.4, 0.5) is 0 Å². The topological polar surface area (TPSA) is 71.8 Å². The summed E-state index contributed by atoms with van der Waals surface area (Å²) in [7, 11) is 0. The molecule has 1 amide bonds. The zero-order valence-electron chi connectivity index (χ0n) is 13.7. The summed E-state index contributed by atoms with van der Waals surface area (Å²) in [5.41, 5.74) is 2.36. The third kappa shape index (κ3) is 3.62. The molecule has 0 radical (unpaired) electrons. The van der Waals surface area contributed by atoms with Crippen LogP contribution in [0.1, 0.15) is 23.3 Å². The van der Waals surface area contributed by atoms with Crippen LogP contribution >= 0.6 is 11.3 Å². The van der Waals surface area contributed by atoms with Gasteiger partial charge in [-0.15, -0.1) is 11.3 Å². The van der Waals surface area contributed by atoms with Crippen LogP contribution in [-0.2, 0) is 0 Å². The van der Waals surface area contributed by atoms with Gasteiger partial charge in [0.25, 0.3) is 5.91 Å². The first-order chi connectivity index (χ1) is 12.3. The highest BCUT2D eigenvalue weighted by Crippen LogP contribution is 2.24. The molecule has 1 saturated heterocycles. The quantitative estimate of drug-likeness (QED) is 0.739. The van der Waals surface area contributed by atoms with E-state index in [4.69, 9.17) is 0 Å². The van der Waals surface area contributed by atoms with Crippen molar-refractivity contribution in [1.82, 2.24) is 25.4 Å². The van der Waals surface area contributed by atoms with Crippen molar-refractivity contribution in [1.29, 1.82) is 0 Å². The van der Waals surface area contributed by atoms with Gasteiger partial charge in [-0.1, -0.05) is 18.2 Å². The fourth-order valence-electron chi connectivity index (χ4n) is 2.90. The van der Waals surface area contributed by atoms with E-state index in [0.717, 1.165) is 29.2 Å². The second kappa shape index (κ2) is 7.16. The molecule has 2 N–H and O–H groups in total. The Morgan fingerprint density at radius 3 is 3.04 bits per heavy atom. The lowest BCUT2D eigenvalue weighted by Crippen LogP contribution is -2.37. The Labute approximate surface area is 149 Å². The summed E-state index contributed by atoms with van der Waals surface area (Å²) < 4.78 is 1.81. The van der Waals surface area contributed by atoms with Crippen LogP contribution < -0.4 is 10.6 Å². The molecule has 0 aliphatic carbocycles. The number of thiazole rings is 1. The molecule has 1 aliphatic rings. The van der Waals surface area contributed by atoms with E-state index in [0.29, 0.717) is 18.3 Å². The van der Waals surface area contributed by atoms with Crippen LogP contribution in [0.15, 0.2) is 48.1 Å². The smallest absolute Gasteiger partial charge is 0.270 e. The van der Waals surface area contributed by atoms with E-state index in [-0.39, 0.29) is 5.91 Å². The van der Waals surface area contributed by atoms with Crippen LogP contribution in [0.25, 0.3) is 16.3 Å². The van der Waals surface area contributed by atoms with Crippen LogP contribution in [0.3, 0.4) is 0 Å². The number of hydrogen-bond donors (Lipinski definition) is 2. The molecule has 0 spiro atoms. The summed E-state index contributed by atoms with van der Waals surface area (Å²) in [6.45, 7) is 1.68. The largest absolute Gasteiger partial charge is 0.349 e. The van der Waals surface area contributed by atoms with Gasteiger partial charge in [-0.25, -0.2) is 9.67 Å². The van der Waals surface area contributed by atoms with E-state index < -0.39 is 0 Å². The lowest BCUT2D eigenvalue weighted by Gasteiger charge is -2.10. The van der Waals surface area contributed by atoms with Crippen molar-refractivity contribution >= 4 is 17.2 Å². The summed E-state index contributed by atoms with van der Waals surface area (Å²) in [5, 5.41) is 13.3. The number of rotatable bonds is 5. The Balaban J connectivity index is 1.44. The summed E-state index contributed by atoms with van der Waals surface area (Å²) in [6, 6.07) is 10.3. The number of benzene rings is 1. The minimum Gasteiger partial charge on any atom is -0.349 e. The zero-order valence-corrected chi connectivity index (χ0v) is 14.5. The first kappa shape index (κ1) is 16.0. The van der Waals surface area contributed by atoms with Crippen LogP contribution in [-0.4, -0.2) is 39.8 Å². The van der Waals surface area contributed by atoms with Gasteiger partial charge < -0.3 is 10.6 Å². The molecule has 1 unspecified atom stereocenters. The van der Waals surface area contributed by atoms with Crippen molar-refractivity contribution in [2.75, 3.05) is 13.1 Å². The number of nitrogens with zero attached hydrogens (tertiary/aromatic N) is 3. The Morgan fingerprint density at radius 2 is 2.24 bits per heavy atom. The number of hydrogen-bond acceptors (Lipinski definition) is 5. The maximum Gasteiger partial charge on any atom is 0.270 e. The van der Waals surface area contributed by atoms with Gasteiger partial charge in [-0.3, -0.25) is 4.79 Å². The van der Waals surface area contributed by atoms with Crippen molar-refractivity contribution in [2.45, 2.75) is 18.9 Å². The SMILES string of the molecule is O=C(NCC1CCCN1)c1csc(-c2cnn(-c3ccccc3)c2)n1. The van der Waals surface area contributed by atoms with Crippen LogP contribution in [0.5, 0.6) is 0 Å². The molecule has 2 aromatic heterocycles. The van der Waals surface area contributed by atoms with Crippen molar-refractivity contribution in [3.8, 4) is 16.3 Å². The van der Waals surface area contributed by atoms with Crippen LogP contribution in [0.2, 0.25) is 0 Å². The molecule has 4 rings (SSSR count). The summed E-state index contributed by atoms with van der Waals surface area (Å²) in [5.74, 6) is -0.119. The molecule has 0 bridgehead atoms. The number of carbonyl (C=O) groups is 1. The molecular weight excluding hydrogens is 334 g/mol. The predicted molar refractivity (Wildman–Crippen MR) is 98.0 cm³/mol. The first-order valence-electron chi connectivity index (χ1n) is 8.37. The number of para-hydroxylation sites is 1. The van der Waals surface area contributed by atoms with Crippen molar-refractivity contribution in [2.24, 2.45) is 0 Å². The Hall–Kier alpha value is -2.51. The summed E-state index contributed by atoms with van der Waals surface area (Å²) in [4.78, 5) is 16.7. The standard InChI is InChI=1S/C18H19N5OS/c24-17(20-10-14-5-4-8-19-14)16-12-25-18(22-16)13-9-21-23(11-13)15-6-2-1-3-7-15/h1-3,6-7,9,11-12,14,19H,4-5,8,10H2,(H,20,24). The van der Waals surface area contributed by atoms with E-state index >= 15 is 0 Å². The van der Waals surface area contributed by atoms with Crippen molar-refractivity contribution in [3.05, 3.63) is 53.8 Å². The molecule has 1 atom stereocenters. The van der Waals surface area contributed by atoms with Gasteiger partial charge in [-0.05, 0) is 31.5 Å². The third-order valence-corrected chi connectivity index (χ3v) is 5.15. The lowest BCUT2D eigenvalue weighted by atomic mass is 10.2. The average molecular weight is 353 g/mol. The van der Waals surface area contributed by atoms with Gasteiger partial charge >= 0.3 is 0 Å². The summed E-state index contributed by atoms with van der Waals surface area (Å²) in [6.07, 6.45) is 5.99. The third-order valence-electron chi connectivity index (χ3n) is 4.26. The molecule has 0 saturated carbocycles. The number of nitrogens with one attached hydrogen (secondary N) is 2. The molecule has 3 heterocycles. The van der Waals surface area contributed by atoms with E-state index in [1.165, 1.54) is 17.8 Å². The highest BCUT2D eigenvalue weighted by molar-refractivity contribution is 7.13. The van der Waals surface area contributed by atoms with E-state index in [1.54, 1.807) is 11.6 Å². The Kier molecular flexibility index (Phi) is 4.58. The van der Waals surface area contributed by atoms with Gasteiger partial charge in [0.15, 0.2) is 0 Å². The maximum absolute atomic E-state index is 12.3. The molecule has 6 nitrogen and oxygen atoms in total. The molecule has 128 valence electrons. The van der Waals surface area contributed by atoms with E-state index in [9.17, 15) is 4.79 Å². The van der Waals surface area contributed by atoms with E-state index in [2.05, 4.69) is 20.7 Å². The first-order valence-corrected chi connectivity index (χ1v) is 9.25. The predicted octanol–water partition coefficient (Wildman–Crippen LogP) is 2.48. The van der Waals surface area contributed by atoms with Gasteiger partial charge in [0.2, 0.25) is 0 Å². The van der Waals surface area contributed by atoms with Crippen molar-refractivity contribution in [3.63, 3.8) is 0 Å². The lowest BCUT2D eigenvalue weighted by molar-refractivity contribution is 0.0946. The van der Waals surface area contributed by atoms with Crippen LogP contribution in [0, 0.1) is 0 Å². The molecule has 25 heavy (non-hydrogen) atoms. The highest BCUT2D eigenvalue weighted by atomic mass is 32.1. The maximum atomic E-state index is 12.3. The van der Waals surface area contributed by atoms with Gasteiger partial charge in [0, 0.05) is 29.7 Å². The monoisotopic (exact) mass is 353 g/mol. The molecule has 1 aliphatic heterocycles. The fraction of sp³-hybridized carbons (Fsp3) is 0.278. The fourth-order valence-corrected chi connectivity index (χ4v) is 3.68. The van der Waals surface area contributed by atoms with Gasteiger partial charge in [0.1, 0.15) is 10.7 Å². The number of aromatic nitrogens is 3. The van der Waals surface area contributed by atoms with Gasteiger partial charge in [-0.2, -0.15) is 5.10 Å². The molecule has 7 heteroatoms. The minimum absolute atomic E-state index is 0.119. The van der Waals surface area contributed by atoms with E-state index in [1.807, 2.05) is 41.2 Å². The molecular formula is C18H19N5OS. The minimum atomic E-state index is -0.119. The molecule has 3 aromatic rings. The van der Waals surface area contributed by atoms with Crippen molar-refractivity contribution < 1.29 is 4.79 Å². The average Bonchev–Trinajstić information content (AvgIpc) is 3.41. The molecule has 1 aromatic carbocycles.